The molecule has 0 N–H and O–H groups in total. The zero-order chi connectivity index (χ0) is 20.8. The molecule has 0 aromatic carbocycles. The number of unbranched alkanes of at least 4 members (excludes halogenated alkanes) is 1. The predicted molar refractivity (Wildman–Crippen MR) is 132 cm³/mol. The maximum atomic E-state index is 2.53. The molecule has 1 heteroatoms. The van der Waals surface area contributed by atoms with Crippen LogP contribution < -0.4 is 0 Å². The molecule has 0 bridgehead atoms. The topological polar surface area (TPSA) is 0 Å². The summed E-state index contributed by atoms with van der Waals surface area (Å²) in [5.74, 6) is 4.36. The normalized spacial score (nSPS) is 22.9. The summed E-state index contributed by atoms with van der Waals surface area (Å²) in [6.07, 6.45) is 21.6. The zero-order valence-corrected chi connectivity index (χ0v) is 21.3. The molecule has 28 heavy (non-hydrogen) atoms. The first-order valence-corrected chi connectivity index (χ1v) is 14.1. The lowest BCUT2D eigenvalue weighted by molar-refractivity contribution is 0.228. The minimum Gasteiger partial charge on any atom is -0.159 e. The fraction of sp³-hybridized carbons (Fsp3) is 1.00. The molecule has 0 heterocycles. The van der Waals surface area contributed by atoms with Crippen LogP contribution in [-0.2, 0) is 0 Å². The molecule has 2 atom stereocenters. The van der Waals surface area contributed by atoms with Gasteiger partial charge in [0, 0.05) is 5.25 Å². The highest BCUT2D eigenvalue weighted by Crippen LogP contribution is 2.37. The summed E-state index contributed by atoms with van der Waals surface area (Å²) in [5.41, 5.74) is 0.537. The molecule has 0 amide bonds. The maximum Gasteiger partial charge on any atom is 0.00472 e. The van der Waals surface area contributed by atoms with Crippen LogP contribution in [0.15, 0.2) is 0 Å². The Bertz CT molecular complexity index is 353. The SMILES string of the molecule is CCCCC(CCC)C(CCC)CCCC(C)(C)CCSC1CCC(C)CC1. The van der Waals surface area contributed by atoms with Crippen molar-refractivity contribution >= 4 is 11.8 Å². The van der Waals surface area contributed by atoms with E-state index in [9.17, 15) is 0 Å². The van der Waals surface area contributed by atoms with E-state index in [-0.39, 0.29) is 0 Å². The van der Waals surface area contributed by atoms with Gasteiger partial charge in [-0.15, -0.1) is 0 Å². The highest BCUT2D eigenvalue weighted by atomic mass is 32.2. The molecule has 0 saturated heterocycles. The average Bonchev–Trinajstić information content (AvgIpc) is 2.66. The van der Waals surface area contributed by atoms with Crippen molar-refractivity contribution in [3.8, 4) is 0 Å². The van der Waals surface area contributed by atoms with Crippen molar-refractivity contribution in [3.05, 3.63) is 0 Å². The van der Waals surface area contributed by atoms with Gasteiger partial charge in [-0.1, -0.05) is 99.3 Å². The van der Waals surface area contributed by atoms with Gasteiger partial charge < -0.3 is 0 Å². The predicted octanol–water partition coefficient (Wildman–Crippen LogP) is 9.91. The van der Waals surface area contributed by atoms with E-state index in [0.29, 0.717) is 5.41 Å². The second-order valence-corrected chi connectivity index (χ2v) is 12.2. The van der Waals surface area contributed by atoms with Crippen LogP contribution in [0.25, 0.3) is 0 Å². The third kappa shape index (κ3) is 11.5. The molecule has 168 valence electrons. The fourth-order valence-electron chi connectivity index (χ4n) is 5.31. The van der Waals surface area contributed by atoms with Crippen molar-refractivity contribution in [1.82, 2.24) is 0 Å². The quantitative estimate of drug-likeness (QED) is 0.244. The number of rotatable bonds is 16. The van der Waals surface area contributed by atoms with Gasteiger partial charge in [-0.05, 0) is 67.4 Å². The van der Waals surface area contributed by atoms with E-state index in [0.717, 1.165) is 23.0 Å². The van der Waals surface area contributed by atoms with Crippen LogP contribution in [0.3, 0.4) is 0 Å². The van der Waals surface area contributed by atoms with Crippen molar-refractivity contribution in [3.63, 3.8) is 0 Å². The van der Waals surface area contributed by atoms with E-state index in [4.69, 9.17) is 0 Å². The summed E-state index contributed by atoms with van der Waals surface area (Å²) in [6, 6.07) is 0. The Morgan fingerprint density at radius 2 is 1.32 bits per heavy atom. The van der Waals surface area contributed by atoms with Crippen LogP contribution in [0, 0.1) is 23.2 Å². The summed E-state index contributed by atoms with van der Waals surface area (Å²) in [5, 5.41) is 0.967. The second kappa shape index (κ2) is 15.2. The highest BCUT2D eigenvalue weighted by molar-refractivity contribution is 7.99. The van der Waals surface area contributed by atoms with E-state index in [1.807, 2.05) is 0 Å². The Kier molecular flexibility index (Phi) is 14.3. The molecule has 1 rings (SSSR count). The third-order valence-corrected chi connectivity index (χ3v) is 8.82. The van der Waals surface area contributed by atoms with Gasteiger partial charge in [0.25, 0.3) is 0 Å². The minimum absolute atomic E-state index is 0.537. The summed E-state index contributed by atoms with van der Waals surface area (Å²) < 4.78 is 0. The summed E-state index contributed by atoms with van der Waals surface area (Å²) in [6.45, 7) is 14.6. The Morgan fingerprint density at radius 3 is 1.86 bits per heavy atom. The molecule has 0 nitrogen and oxygen atoms in total. The molecule has 0 spiro atoms. The largest absolute Gasteiger partial charge is 0.159 e. The van der Waals surface area contributed by atoms with Gasteiger partial charge in [0.05, 0.1) is 0 Å². The minimum atomic E-state index is 0.537. The molecule has 1 fully saturated rings. The van der Waals surface area contributed by atoms with Gasteiger partial charge >= 0.3 is 0 Å². The van der Waals surface area contributed by atoms with E-state index in [2.05, 4.69) is 53.3 Å². The molecule has 1 saturated carbocycles. The third-order valence-electron chi connectivity index (χ3n) is 7.44. The molecular weight excluding hydrogens is 356 g/mol. The molecule has 0 aromatic rings. The first-order valence-electron chi connectivity index (χ1n) is 13.0. The summed E-state index contributed by atoms with van der Waals surface area (Å²) >= 11 is 2.29. The Balaban J connectivity index is 2.33. The van der Waals surface area contributed by atoms with Gasteiger partial charge in [0.1, 0.15) is 0 Å². The first-order chi connectivity index (χ1) is 13.4. The van der Waals surface area contributed by atoms with Crippen molar-refractivity contribution in [1.29, 1.82) is 0 Å². The van der Waals surface area contributed by atoms with E-state index >= 15 is 0 Å². The monoisotopic (exact) mass is 410 g/mol. The maximum absolute atomic E-state index is 2.53. The van der Waals surface area contributed by atoms with Crippen LogP contribution in [-0.4, -0.2) is 11.0 Å². The standard InChI is InChI=1S/C27H54S/c1-7-10-14-24(12-8-2)25(13-9-3)15-11-20-27(5,6)21-22-28-26-18-16-23(4)17-19-26/h23-26H,7-22H2,1-6H3. The molecule has 0 aromatic heterocycles. The molecule has 0 radical (unpaired) electrons. The lowest BCUT2D eigenvalue weighted by Gasteiger charge is -2.30. The van der Waals surface area contributed by atoms with Crippen molar-refractivity contribution in [2.75, 3.05) is 5.75 Å². The van der Waals surface area contributed by atoms with Gasteiger partial charge in [-0.3, -0.25) is 0 Å². The van der Waals surface area contributed by atoms with Gasteiger partial charge in [-0.2, -0.15) is 11.8 Å². The number of hydrogen-bond donors (Lipinski definition) is 0. The van der Waals surface area contributed by atoms with Crippen molar-refractivity contribution < 1.29 is 0 Å². The van der Waals surface area contributed by atoms with Crippen LogP contribution in [0.5, 0.6) is 0 Å². The summed E-state index contributed by atoms with van der Waals surface area (Å²) in [7, 11) is 0. The van der Waals surface area contributed by atoms with E-state index in [1.54, 1.807) is 0 Å². The first kappa shape index (κ1) is 26.4. The van der Waals surface area contributed by atoms with Gasteiger partial charge in [0.2, 0.25) is 0 Å². The zero-order valence-electron chi connectivity index (χ0n) is 20.5. The van der Waals surface area contributed by atoms with Gasteiger partial charge in [-0.25, -0.2) is 0 Å². The lowest BCUT2D eigenvalue weighted by atomic mass is 9.77. The van der Waals surface area contributed by atoms with E-state index < -0.39 is 0 Å². The summed E-state index contributed by atoms with van der Waals surface area (Å²) in [4.78, 5) is 0. The van der Waals surface area contributed by atoms with Crippen LogP contribution in [0.1, 0.15) is 138 Å². The van der Waals surface area contributed by atoms with Crippen LogP contribution in [0.2, 0.25) is 0 Å². The van der Waals surface area contributed by atoms with Crippen LogP contribution in [0.4, 0.5) is 0 Å². The van der Waals surface area contributed by atoms with Gasteiger partial charge in [0.15, 0.2) is 0 Å². The smallest absolute Gasteiger partial charge is 0.00472 e. The molecule has 2 unspecified atom stereocenters. The Labute approximate surface area is 183 Å². The van der Waals surface area contributed by atoms with Crippen molar-refractivity contribution in [2.24, 2.45) is 23.2 Å². The number of hydrogen-bond acceptors (Lipinski definition) is 1. The molecule has 1 aliphatic rings. The van der Waals surface area contributed by atoms with Crippen LogP contribution >= 0.6 is 11.8 Å². The fourth-order valence-corrected chi connectivity index (χ4v) is 6.91. The average molecular weight is 411 g/mol. The lowest BCUT2D eigenvalue weighted by Crippen LogP contribution is -2.19. The van der Waals surface area contributed by atoms with Crippen molar-refractivity contribution in [2.45, 2.75) is 143 Å². The second-order valence-electron chi connectivity index (χ2n) is 10.8. The molecule has 0 aliphatic heterocycles. The number of thioether (sulfide) groups is 1. The molecule has 1 aliphatic carbocycles. The molecular formula is C27H54S. The van der Waals surface area contributed by atoms with E-state index in [1.165, 1.54) is 102 Å². The highest BCUT2D eigenvalue weighted by Gasteiger charge is 2.24. The Hall–Kier alpha value is 0.350. The Morgan fingerprint density at radius 1 is 0.750 bits per heavy atom.